The van der Waals surface area contributed by atoms with Gasteiger partial charge in [0.25, 0.3) is 0 Å². The average molecular weight is 303 g/mol. The predicted molar refractivity (Wildman–Crippen MR) is 80.8 cm³/mol. The molecule has 6 nitrogen and oxygen atoms in total. The Balaban J connectivity index is 2.55. The van der Waals surface area contributed by atoms with Crippen LogP contribution in [0.5, 0.6) is 0 Å². The van der Waals surface area contributed by atoms with Crippen LogP contribution in [0.2, 0.25) is 0 Å². The van der Waals surface area contributed by atoms with Crippen molar-refractivity contribution in [2.75, 3.05) is 11.9 Å². The molecule has 0 aliphatic carbocycles. The van der Waals surface area contributed by atoms with Gasteiger partial charge in [0.05, 0.1) is 22.3 Å². The maximum Gasteiger partial charge on any atom is 0.304 e. The van der Waals surface area contributed by atoms with E-state index in [0.29, 0.717) is 21.1 Å². The lowest BCUT2D eigenvalue weighted by molar-refractivity contribution is -0.383. The van der Waals surface area contributed by atoms with E-state index in [0.717, 1.165) is 11.3 Å². The average Bonchev–Trinajstić information content (AvgIpc) is 2.92. The molecule has 7 heteroatoms. The van der Waals surface area contributed by atoms with E-state index in [1.54, 1.807) is 43.1 Å². The molecule has 0 aliphatic heterocycles. The number of hydrogen-bond donors (Lipinski definition) is 1. The van der Waals surface area contributed by atoms with Crippen molar-refractivity contribution in [1.82, 2.24) is 0 Å². The van der Waals surface area contributed by atoms with Gasteiger partial charge in [-0.25, -0.2) is 0 Å². The van der Waals surface area contributed by atoms with Gasteiger partial charge in [-0.05, 0) is 19.1 Å². The van der Waals surface area contributed by atoms with Crippen molar-refractivity contribution in [3.05, 3.63) is 50.9 Å². The highest BCUT2D eigenvalue weighted by molar-refractivity contribution is 7.16. The van der Waals surface area contributed by atoms with E-state index in [1.165, 1.54) is 6.07 Å². The number of hydrogen-bond acceptors (Lipinski definition) is 6. The van der Waals surface area contributed by atoms with E-state index in [-0.39, 0.29) is 5.69 Å². The van der Waals surface area contributed by atoms with Gasteiger partial charge in [-0.3, -0.25) is 10.1 Å². The highest BCUT2D eigenvalue weighted by atomic mass is 32.1. The molecule has 1 N–H and O–H groups in total. The van der Waals surface area contributed by atoms with Crippen molar-refractivity contribution in [2.45, 2.75) is 13.0 Å². The Kier molecular flexibility index (Phi) is 4.21. The van der Waals surface area contributed by atoms with Crippen LogP contribution in [-0.4, -0.2) is 17.1 Å². The maximum atomic E-state index is 11.2. The van der Waals surface area contributed by atoms with Gasteiger partial charge in [0.15, 0.2) is 5.00 Å². The molecular weight excluding hydrogens is 290 g/mol. The number of aliphatic hydroxyl groups excluding tert-OH is 1. The summed E-state index contributed by atoms with van der Waals surface area (Å²) in [5, 5.41) is 30.3. The minimum atomic E-state index is -0.776. The molecule has 1 atom stereocenters. The van der Waals surface area contributed by atoms with Crippen LogP contribution < -0.4 is 4.90 Å². The van der Waals surface area contributed by atoms with Crippen LogP contribution in [-0.2, 0) is 0 Å². The largest absolute Gasteiger partial charge is 0.388 e. The highest BCUT2D eigenvalue weighted by Crippen LogP contribution is 2.42. The summed E-state index contributed by atoms with van der Waals surface area (Å²) in [7, 11) is 1.67. The number of anilines is 2. The molecule has 0 spiro atoms. The van der Waals surface area contributed by atoms with Gasteiger partial charge in [0, 0.05) is 18.0 Å². The Hall–Kier alpha value is -2.43. The van der Waals surface area contributed by atoms with E-state index in [9.17, 15) is 15.2 Å². The molecule has 0 bridgehead atoms. The third kappa shape index (κ3) is 2.86. The van der Waals surface area contributed by atoms with Gasteiger partial charge in [0.1, 0.15) is 6.07 Å². The van der Waals surface area contributed by atoms with Gasteiger partial charge >= 0.3 is 5.69 Å². The Labute approximate surface area is 125 Å². The van der Waals surface area contributed by atoms with E-state index in [1.807, 2.05) is 0 Å². The third-order valence-electron chi connectivity index (χ3n) is 3.01. The molecule has 1 heterocycles. The summed E-state index contributed by atoms with van der Waals surface area (Å²) in [4.78, 5) is 12.8. The van der Waals surface area contributed by atoms with Crippen LogP contribution in [0.15, 0.2) is 30.3 Å². The molecule has 2 aromatic rings. The second kappa shape index (κ2) is 5.91. The first kappa shape index (κ1) is 15.0. The van der Waals surface area contributed by atoms with E-state index in [4.69, 9.17) is 5.26 Å². The Morgan fingerprint density at radius 2 is 2.14 bits per heavy atom. The molecule has 0 aliphatic rings. The second-order valence-corrected chi connectivity index (χ2v) is 5.52. The molecule has 2 rings (SSSR count). The molecule has 0 saturated carbocycles. The van der Waals surface area contributed by atoms with Crippen LogP contribution in [0.25, 0.3) is 0 Å². The van der Waals surface area contributed by atoms with Crippen LogP contribution in [0.3, 0.4) is 0 Å². The zero-order chi connectivity index (χ0) is 15.6. The fourth-order valence-corrected chi connectivity index (χ4v) is 2.97. The molecule has 0 fully saturated rings. The first-order valence-corrected chi connectivity index (χ1v) is 6.96. The summed E-state index contributed by atoms with van der Waals surface area (Å²) in [5.74, 6) is 0. The van der Waals surface area contributed by atoms with Gasteiger partial charge in [0.2, 0.25) is 0 Å². The zero-order valence-electron chi connectivity index (χ0n) is 11.5. The smallest absolute Gasteiger partial charge is 0.304 e. The van der Waals surface area contributed by atoms with Crippen molar-refractivity contribution in [2.24, 2.45) is 0 Å². The molecular formula is C14H13N3O3S. The van der Waals surface area contributed by atoms with Crippen LogP contribution in [0.1, 0.15) is 23.5 Å². The van der Waals surface area contributed by atoms with Crippen LogP contribution in [0, 0.1) is 21.4 Å². The fraction of sp³-hybridized carbons (Fsp3) is 0.214. The minimum Gasteiger partial charge on any atom is -0.388 e. The Morgan fingerprint density at radius 1 is 1.48 bits per heavy atom. The number of benzene rings is 1. The molecule has 108 valence electrons. The highest BCUT2D eigenvalue weighted by Gasteiger charge is 2.25. The van der Waals surface area contributed by atoms with Gasteiger partial charge in [-0.15, -0.1) is 11.3 Å². The molecule has 1 aromatic carbocycles. The lowest BCUT2D eigenvalue weighted by Crippen LogP contribution is -2.10. The lowest BCUT2D eigenvalue weighted by atomic mass is 10.2. The van der Waals surface area contributed by atoms with E-state index in [2.05, 4.69) is 6.07 Å². The first-order chi connectivity index (χ1) is 9.95. The van der Waals surface area contributed by atoms with Gasteiger partial charge in [-0.1, -0.05) is 12.1 Å². The summed E-state index contributed by atoms with van der Waals surface area (Å²) in [6, 6.07) is 10.3. The zero-order valence-corrected chi connectivity index (χ0v) is 12.3. The maximum absolute atomic E-state index is 11.2. The standard InChI is InChI=1S/C14H13N3O3S/c1-9(18)13-7-12(17(19)20)14(21-13)16(2)11-6-4-3-5-10(11)8-15/h3-7,9,18H,1-2H3/t9-/m0/s1. The molecule has 0 saturated heterocycles. The third-order valence-corrected chi connectivity index (χ3v) is 4.38. The first-order valence-electron chi connectivity index (χ1n) is 6.14. The van der Waals surface area contributed by atoms with Crippen molar-refractivity contribution >= 4 is 27.7 Å². The SMILES string of the molecule is C[C@H](O)c1cc([N+](=O)[O-])c(N(C)c2ccccc2C#N)s1. The Bertz CT molecular complexity index is 718. The summed E-state index contributed by atoms with van der Waals surface area (Å²) in [6.45, 7) is 1.56. The van der Waals surface area contributed by atoms with Crippen molar-refractivity contribution in [3.63, 3.8) is 0 Å². The summed E-state index contributed by atoms with van der Waals surface area (Å²) < 4.78 is 0. The number of nitriles is 1. The number of aliphatic hydroxyl groups is 1. The predicted octanol–water partition coefficient (Wildman–Crippen LogP) is 3.35. The van der Waals surface area contributed by atoms with E-state index < -0.39 is 11.0 Å². The lowest BCUT2D eigenvalue weighted by Gasteiger charge is -2.18. The molecule has 0 amide bonds. The van der Waals surface area contributed by atoms with Crippen molar-refractivity contribution < 1.29 is 10.0 Å². The molecule has 1 aromatic heterocycles. The number of rotatable bonds is 4. The Morgan fingerprint density at radius 3 is 2.71 bits per heavy atom. The normalized spacial score (nSPS) is 11.7. The topological polar surface area (TPSA) is 90.4 Å². The van der Waals surface area contributed by atoms with Gasteiger partial charge < -0.3 is 10.0 Å². The number of thiophene rings is 1. The number of para-hydroxylation sites is 1. The minimum absolute atomic E-state index is 0.0776. The molecule has 0 radical (unpaired) electrons. The van der Waals surface area contributed by atoms with Crippen molar-refractivity contribution in [1.29, 1.82) is 5.26 Å². The van der Waals surface area contributed by atoms with E-state index >= 15 is 0 Å². The quantitative estimate of drug-likeness (QED) is 0.691. The summed E-state index contributed by atoms with van der Waals surface area (Å²) in [5.41, 5.74) is 0.939. The fourth-order valence-electron chi connectivity index (χ4n) is 1.94. The summed E-state index contributed by atoms with van der Waals surface area (Å²) >= 11 is 1.14. The number of nitro groups is 1. The summed E-state index contributed by atoms with van der Waals surface area (Å²) in [6.07, 6.45) is -0.776. The molecule has 21 heavy (non-hydrogen) atoms. The van der Waals surface area contributed by atoms with Crippen LogP contribution >= 0.6 is 11.3 Å². The van der Waals surface area contributed by atoms with Crippen molar-refractivity contribution in [3.8, 4) is 6.07 Å². The monoisotopic (exact) mass is 303 g/mol. The second-order valence-electron chi connectivity index (χ2n) is 4.46. The molecule has 0 unspecified atom stereocenters. The number of nitrogens with zero attached hydrogens (tertiary/aromatic N) is 3. The van der Waals surface area contributed by atoms with Gasteiger partial charge in [-0.2, -0.15) is 5.26 Å². The van der Waals surface area contributed by atoms with Crippen LogP contribution in [0.4, 0.5) is 16.4 Å².